The van der Waals surface area contributed by atoms with Gasteiger partial charge in [-0.2, -0.15) is 0 Å². The molecule has 2 bridgehead atoms. The van der Waals surface area contributed by atoms with Crippen LogP contribution in [0, 0.1) is 19.8 Å². The summed E-state index contributed by atoms with van der Waals surface area (Å²) in [6, 6.07) is 11.6. The van der Waals surface area contributed by atoms with Crippen molar-refractivity contribution in [3.8, 4) is 0 Å². The molecule has 5 rings (SSSR count). The molecule has 1 aromatic heterocycles. The molecule has 0 amide bonds. The lowest BCUT2D eigenvalue weighted by atomic mass is 9.94. The fourth-order valence-corrected chi connectivity index (χ4v) is 4.55. The van der Waals surface area contributed by atoms with Crippen molar-refractivity contribution in [1.29, 1.82) is 0 Å². The van der Waals surface area contributed by atoms with Crippen LogP contribution in [0.5, 0.6) is 0 Å². The first-order valence-corrected chi connectivity index (χ1v) is 9.61. The molecule has 3 aliphatic rings. The summed E-state index contributed by atoms with van der Waals surface area (Å²) in [6.45, 7) is 9.91. The molecule has 3 saturated heterocycles. The van der Waals surface area contributed by atoms with Crippen molar-refractivity contribution < 1.29 is 4.52 Å². The molecule has 25 heavy (non-hydrogen) atoms. The van der Waals surface area contributed by atoms with Crippen LogP contribution < -0.4 is 0 Å². The fourth-order valence-electron chi connectivity index (χ4n) is 4.55. The quantitative estimate of drug-likeness (QED) is 0.835. The first kappa shape index (κ1) is 16.8. The van der Waals surface area contributed by atoms with Crippen LogP contribution in [0.4, 0.5) is 0 Å². The van der Waals surface area contributed by atoms with Gasteiger partial charge in [-0.25, -0.2) is 0 Å². The highest BCUT2D eigenvalue weighted by Gasteiger charge is 2.34. The van der Waals surface area contributed by atoms with Crippen molar-refractivity contribution in [2.75, 3.05) is 26.2 Å². The number of aryl methyl sites for hydroxylation is 2. The maximum Gasteiger partial charge on any atom is 0.138 e. The van der Waals surface area contributed by atoms with Crippen molar-refractivity contribution in [2.24, 2.45) is 5.92 Å². The number of nitrogens with zero attached hydrogens (tertiary/aromatic N) is 3. The molecule has 2 aromatic rings. The predicted molar refractivity (Wildman–Crippen MR) is 99.5 cm³/mol. The van der Waals surface area contributed by atoms with E-state index in [2.05, 4.69) is 52.2 Å². The van der Waals surface area contributed by atoms with Crippen molar-refractivity contribution in [3.05, 3.63) is 52.9 Å². The second-order valence-corrected chi connectivity index (χ2v) is 7.82. The summed E-state index contributed by atoms with van der Waals surface area (Å²) in [7, 11) is 0. The summed E-state index contributed by atoms with van der Waals surface area (Å²) >= 11 is 0. The maximum atomic E-state index is 5.36. The molecule has 0 unspecified atom stereocenters. The van der Waals surface area contributed by atoms with Gasteiger partial charge in [-0.3, -0.25) is 9.80 Å². The molecule has 0 N–H and O–H groups in total. The average Bonchev–Trinajstić information content (AvgIpc) is 2.81. The SMILES string of the molecule is Cc1noc(C)c1CN1C[C@H]2CC[C@@H](C1)N(CCc1ccccc1)C2. The van der Waals surface area contributed by atoms with Crippen LogP contribution in [-0.4, -0.2) is 47.2 Å². The van der Waals surface area contributed by atoms with E-state index < -0.39 is 0 Å². The predicted octanol–water partition coefficient (Wildman–Crippen LogP) is 3.43. The third-order valence-corrected chi connectivity index (χ3v) is 6.00. The Labute approximate surface area is 150 Å². The number of rotatable bonds is 5. The Bertz CT molecular complexity index is 677. The van der Waals surface area contributed by atoms with E-state index in [9.17, 15) is 0 Å². The highest BCUT2D eigenvalue weighted by molar-refractivity contribution is 5.20. The van der Waals surface area contributed by atoms with Gasteiger partial charge in [0.1, 0.15) is 5.76 Å². The highest BCUT2D eigenvalue weighted by Crippen LogP contribution is 2.29. The molecular formula is C21H29N3O. The number of piperidine rings is 1. The van der Waals surface area contributed by atoms with Gasteiger partial charge in [0.25, 0.3) is 0 Å². The third kappa shape index (κ3) is 3.80. The Morgan fingerprint density at radius 2 is 1.92 bits per heavy atom. The van der Waals surface area contributed by atoms with Crippen LogP contribution in [-0.2, 0) is 13.0 Å². The van der Waals surface area contributed by atoms with Crippen LogP contribution >= 0.6 is 0 Å². The van der Waals surface area contributed by atoms with Crippen molar-refractivity contribution in [2.45, 2.75) is 45.7 Å². The number of benzene rings is 1. The second-order valence-electron chi connectivity index (χ2n) is 7.82. The molecule has 1 aromatic carbocycles. The number of hydrogen-bond acceptors (Lipinski definition) is 4. The molecule has 0 spiro atoms. The van der Waals surface area contributed by atoms with Gasteiger partial charge in [-0.05, 0) is 44.6 Å². The summed E-state index contributed by atoms with van der Waals surface area (Å²) in [4.78, 5) is 5.38. The Hall–Kier alpha value is -1.65. The first-order chi connectivity index (χ1) is 12.2. The van der Waals surface area contributed by atoms with E-state index in [-0.39, 0.29) is 0 Å². The monoisotopic (exact) mass is 339 g/mol. The lowest BCUT2D eigenvalue weighted by Gasteiger charge is -2.36. The summed E-state index contributed by atoms with van der Waals surface area (Å²) < 4.78 is 5.36. The molecular weight excluding hydrogens is 310 g/mol. The molecule has 4 heterocycles. The number of aromatic nitrogens is 1. The summed E-state index contributed by atoms with van der Waals surface area (Å²) in [5, 5.41) is 4.12. The van der Waals surface area contributed by atoms with Crippen LogP contribution in [0.15, 0.2) is 34.9 Å². The van der Waals surface area contributed by atoms with Gasteiger partial charge in [-0.15, -0.1) is 0 Å². The van der Waals surface area contributed by atoms with Gasteiger partial charge >= 0.3 is 0 Å². The third-order valence-electron chi connectivity index (χ3n) is 6.00. The Kier molecular flexibility index (Phi) is 4.91. The molecule has 3 aliphatic heterocycles. The number of fused-ring (bicyclic) bond motifs is 4. The van der Waals surface area contributed by atoms with Gasteiger partial charge in [0.05, 0.1) is 5.69 Å². The van der Waals surface area contributed by atoms with E-state index in [0.29, 0.717) is 6.04 Å². The van der Waals surface area contributed by atoms with Crippen molar-refractivity contribution in [1.82, 2.24) is 15.0 Å². The zero-order valence-electron chi connectivity index (χ0n) is 15.4. The van der Waals surface area contributed by atoms with E-state index in [4.69, 9.17) is 4.52 Å². The minimum absolute atomic E-state index is 0.697. The van der Waals surface area contributed by atoms with Crippen LogP contribution in [0.25, 0.3) is 0 Å². The van der Waals surface area contributed by atoms with Gasteiger partial charge in [0, 0.05) is 44.3 Å². The van der Waals surface area contributed by atoms with Crippen molar-refractivity contribution in [3.63, 3.8) is 0 Å². The largest absolute Gasteiger partial charge is 0.361 e. The standard InChI is InChI=1S/C21H29N3O/c1-16-21(17(2)25-22-16)15-23-12-19-8-9-20(14-23)24(13-19)11-10-18-6-4-3-5-7-18/h3-7,19-20H,8-15H2,1-2H3/t19-,20+/m1/s1. The van der Waals surface area contributed by atoms with Crippen LogP contribution in [0.3, 0.4) is 0 Å². The molecule has 0 aliphatic carbocycles. The van der Waals surface area contributed by atoms with Gasteiger partial charge < -0.3 is 4.52 Å². The summed E-state index contributed by atoms with van der Waals surface area (Å²) in [6.07, 6.45) is 3.89. The topological polar surface area (TPSA) is 32.5 Å². The lowest BCUT2D eigenvalue weighted by molar-refractivity contribution is 0.132. The van der Waals surface area contributed by atoms with Crippen LogP contribution in [0.1, 0.15) is 35.4 Å². The zero-order chi connectivity index (χ0) is 17.2. The smallest absolute Gasteiger partial charge is 0.138 e. The second kappa shape index (κ2) is 7.30. The molecule has 2 atom stereocenters. The Morgan fingerprint density at radius 1 is 1.08 bits per heavy atom. The van der Waals surface area contributed by atoms with Crippen LogP contribution in [0.2, 0.25) is 0 Å². The van der Waals surface area contributed by atoms with Gasteiger partial charge in [0.15, 0.2) is 0 Å². The van der Waals surface area contributed by atoms with E-state index in [1.165, 1.54) is 50.1 Å². The molecule has 3 fully saturated rings. The molecule has 134 valence electrons. The fraction of sp³-hybridized carbons (Fsp3) is 0.571. The van der Waals surface area contributed by atoms with Gasteiger partial charge in [0.2, 0.25) is 0 Å². The lowest BCUT2D eigenvalue weighted by Crippen LogP contribution is -2.44. The van der Waals surface area contributed by atoms with Gasteiger partial charge in [-0.1, -0.05) is 35.5 Å². The first-order valence-electron chi connectivity index (χ1n) is 9.61. The molecule has 4 nitrogen and oxygen atoms in total. The van der Waals surface area contributed by atoms with E-state index in [1.54, 1.807) is 0 Å². The minimum atomic E-state index is 0.697. The number of hydrogen-bond donors (Lipinski definition) is 0. The Balaban J connectivity index is 1.40. The maximum absolute atomic E-state index is 5.36. The summed E-state index contributed by atoms with van der Waals surface area (Å²) in [5.74, 6) is 1.78. The van der Waals surface area contributed by atoms with Crippen molar-refractivity contribution >= 4 is 0 Å². The van der Waals surface area contributed by atoms with E-state index in [0.717, 1.165) is 30.3 Å². The summed E-state index contributed by atoms with van der Waals surface area (Å²) in [5.41, 5.74) is 3.79. The molecule has 0 saturated carbocycles. The zero-order valence-corrected chi connectivity index (χ0v) is 15.4. The Morgan fingerprint density at radius 3 is 2.68 bits per heavy atom. The molecule has 0 radical (unpaired) electrons. The van der Waals surface area contributed by atoms with E-state index in [1.807, 2.05) is 6.92 Å². The molecule has 4 heteroatoms. The normalized spacial score (nSPS) is 24.6. The average molecular weight is 339 g/mol. The highest BCUT2D eigenvalue weighted by atomic mass is 16.5. The van der Waals surface area contributed by atoms with E-state index >= 15 is 0 Å². The minimum Gasteiger partial charge on any atom is -0.361 e.